The van der Waals surface area contributed by atoms with Gasteiger partial charge in [-0.15, -0.1) is 0 Å². The van der Waals surface area contributed by atoms with E-state index in [1.165, 1.54) is 39.3 Å². The Labute approximate surface area is 166 Å². The van der Waals surface area contributed by atoms with E-state index in [1.807, 2.05) is 0 Å². The van der Waals surface area contributed by atoms with E-state index in [-0.39, 0.29) is 17.9 Å². The number of ether oxygens (including phenoxy) is 4. The van der Waals surface area contributed by atoms with E-state index in [0.29, 0.717) is 17.1 Å². The fourth-order valence-electron chi connectivity index (χ4n) is 2.45. The zero-order valence-corrected chi connectivity index (χ0v) is 16.1. The van der Waals surface area contributed by atoms with Crippen LogP contribution in [-0.4, -0.2) is 38.8 Å². The van der Waals surface area contributed by atoms with Gasteiger partial charge in [-0.2, -0.15) is 8.78 Å². The minimum atomic E-state index is -3.04. The number of methoxy groups -OCH3 is 2. The highest BCUT2D eigenvalue weighted by Crippen LogP contribution is 2.27. The lowest BCUT2D eigenvalue weighted by atomic mass is 10.1. The van der Waals surface area contributed by atoms with Gasteiger partial charge in [0, 0.05) is 11.6 Å². The molecule has 2 aromatic carbocycles. The first-order valence-electron chi connectivity index (χ1n) is 8.59. The van der Waals surface area contributed by atoms with Crippen molar-refractivity contribution in [1.82, 2.24) is 0 Å². The second-order valence-electron chi connectivity index (χ2n) is 5.85. The van der Waals surface area contributed by atoms with E-state index >= 15 is 0 Å². The molecule has 9 heteroatoms. The van der Waals surface area contributed by atoms with E-state index < -0.39 is 24.6 Å². The number of nitrogens with one attached hydrogen (secondary N) is 1. The number of rotatable bonds is 9. The van der Waals surface area contributed by atoms with E-state index in [0.717, 1.165) is 0 Å². The molecule has 0 spiro atoms. The summed E-state index contributed by atoms with van der Waals surface area (Å²) in [4.78, 5) is 24.5. The highest BCUT2D eigenvalue weighted by atomic mass is 19.3. The van der Waals surface area contributed by atoms with Crippen molar-refractivity contribution in [1.29, 1.82) is 0 Å². The van der Waals surface area contributed by atoms with Gasteiger partial charge in [-0.05, 0) is 25.1 Å². The van der Waals surface area contributed by atoms with Crippen LogP contribution in [0, 0.1) is 0 Å². The van der Waals surface area contributed by atoms with Crippen LogP contribution in [0.25, 0.3) is 0 Å². The van der Waals surface area contributed by atoms with Crippen molar-refractivity contribution in [2.24, 2.45) is 0 Å². The number of para-hydroxylation sites is 2. The molecule has 0 fully saturated rings. The van der Waals surface area contributed by atoms with Crippen LogP contribution < -0.4 is 19.5 Å². The normalized spacial score (nSPS) is 11.5. The number of hydrogen-bond donors (Lipinski definition) is 1. The third-order valence-electron chi connectivity index (χ3n) is 3.87. The van der Waals surface area contributed by atoms with Crippen molar-refractivity contribution < 1.29 is 37.3 Å². The van der Waals surface area contributed by atoms with Crippen LogP contribution in [0.15, 0.2) is 42.5 Å². The third-order valence-corrected chi connectivity index (χ3v) is 3.87. The lowest BCUT2D eigenvalue weighted by molar-refractivity contribution is -0.152. The van der Waals surface area contributed by atoms with Crippen molar-refractivity contribution in [3.8, 4) is 17.2 Å². The molecule has 0 heterocycles. The van der Waals surface area contributed by atoms with Crippen LogP contribution in [0.2, 0.25) is 0 Å². The largest absolute Gasteiger partial charge is 0.497 e. The Morgan fingerprint density at radius 1 is 1.03 bits per heavy atom. The summed E-state index contributed by atoms with van der Waals surface area (Å²) in [6.45, 7) is -1.67. The third kappa shape index (κ3) is 6.34. The Kier molecular flexibility index (Phi) is 7.76. The molecule has 1 N–H and O–H groups in total. The van der Waals surface area contributed by atoms with Crippen LogP contribution in [0.5, 0.6) is 17.2 Å². The number of alkyl halides is 2. The predicted molar refractivity (Wildman–Crippen MR) is 101 cm³/mol. The molecule has 29 heavy (non-hydrogen) atoms. The van der Waals surface area contributed by atoms with Gasteiger partial charge in [0.05, 0.1) is 26.3 Å². The molecule has 0 aliphatic carbocycles. The van der Waals surface area contributed by atoms with Gasteiger partial charge in [0.1, 0.15) is 17.2 Å². The van der Waals surface area contributed by atoms with Crippen LogP contribution in [0.1, 0.15) is 12.5 Å². The topological polar surface area (TPSA) is 83.1 Å². The minimum Gasteiger partial charge on any atom is -0.497 e. The number of hydrogen-bond acceptors (Lipinski definition) is 6. The molecule has 0 saturated carbocycles. The van der Waals surface area contributed by atoms with Gasteiger partial charge in [0.15, 0.2) is 6.10 Å². The Morgan fingerprint density at radius 3 is 2.41 bits per heavy atom. The number of carbonyl (C=O) groups is 2. The van der Waals surface area contributed by atoms with Crippen molar-refractivity contribution in [2.75, 3.05) is 19.5 Å². The van der Waals surface area contributed by atoms with Gasteiger partial charge >= 0.3 is 12.6 Å². The summed E-state index contributed by atoms with van der Waals surface area (Å²) in [5.74, 6) is -0.538. The molecular formula is C20H21F2NO6. The Hall–Kier alpha value is -3.36. The summed E-state index contributed by atoms with van der Waals surface area (Å²) in [7, 11) is 2.96. The number of halogens is 2. The molecule has 1 atom stereocenters. The van der Waals surface area contributed by atoms with E-state index in [2.05, 4.69) is 10.1 Å². The molecule has 0 aromatic heterocycles. The minimum absolute atomic E-state index is 0.0394. The van der Waals surface area contributed by atoms with E-state index in [4.69, 9.17) is 14.2 Å². The summed E-state index contributed by atoms with van der Waals surface area (Å²) in [6, 6.07) is 10.7. The number of benzene rings is 2. The maximum absolute atomic E-state index is 12.5. The zero-order valence-electron chi connectivity index (χ0n) is 16.1. The molecule has 0 aliphatic heterocycles. The average Bonchev–Trinajstić information content (AvgIpc) is 2.69. The summed E-state index contributed by atoms with van der Waals surface area (Å²) in [5.41, 5.74) is 0.596. The van der Waals surface area contributed by atoms with Gasteiger partial charge in [-0.3, -0.25) is 9.59 Å². The molecule has 0 aliphatic rings. The maximum Gasteiger partial charge on any atom is 0.387 e. The molecule has 7 nitrogen and oxygen atoms in total. The van der Waals surface area contributed by atoms with Crippen molar-refractivity contribution >= 4 is 17.6 Å². The SMILES string of the molecule is COc1ccc(CC(=O)O[C@@H](C)C(=O)Nc2ccccc2OC(F)F)c(OC)c1. The summed E-state index contributed by atoms with van der Waals surface area (Å²) >= 11 is 0. The lowest BCUT2D eigenvalue weighted by Gasteiger charge is -2.16. The molecule has 0 radical (unpaired) electrons. The van der Waals surface area contributed by atoms with E-state index in [9.17, 15) is 18.4 Å². The summed E-state index contributed by atoms with van der Waals surface area (Å²) < 4.78 is 44.7. The zero-order chi connectivity index (χ0) is 21.4. The van der Waals surface area contributed by atoms with Gasteiger partial charge in [-0.1, -0.05) is 18.2 Å². The molecule has 2 aromatic rings. The van der Waals surface area contributed by atoms with Crippen LogP contribution in [-0.2, 0) is 20.7 Å². The van der Waals surface area contributed by atoms with Crippen LogP contribution >= 0.6 is 0 Å². The van der Waals surface area contributed by atoms with Crippen LogP contribution in [0.3, 0.4) is 0 Å². The summed E-state index contributed by atoms with van der Waals surface area (Å²) in [6.07, 6.45) is -1.29. The van der Waals surface area contributed by atoms with Crippen molar-refractivity contribution in [3.05, 3.63) is 48.0 Å². The molecule has 0 saturated heterocycles. The number of carbonyl (C=O) groups excluding carboxylic acids is 2. The number of esters is 1. The molecule has 1 amide bonds. The predicted octanol–water partition coefficient (Wildman–Crippen LogP) is 3.42. The van der Waals surface area contributed by atoms with Gasteiger partial charge in [0.25, 0.3) is 5.91 Å². The highest BCUT2D eigenvalue weighted by Gasteiger charge is 2.21. The van der Waals surface area contributed by atoms with Gasteiger partial charge in [-0.25, -0.2) is 0 Å². The van der Waals surface area contributed by atoms with Crippen molar-refractivity contribution in [2.45, 2.75) is 26.1 Å². The van der Waals surface area contributed by atoms with Crippen molar-refractivity contribution in [3.63, 3.8) is 0 Å². The van der Waals surface area contributed by atoms with E-state index in [1.54, 1.807) is 24.3 Å². The first-order valence-corrected chi connectivity index (χ1v) is 8.59. The van der Waals surface area contributed by atoms with Gasteiger partial charge < -0.3 is 24.3 Å². The molecule has 2 rings (SSSR count). The highest BCUT2D eigenvalue weighted by molar-refractivity contribution is 5.96. The monoisotopic (exact) mass is 409 g/mol. The fraction of sp³-hybridized carbons (Fsp3) is 0.300. The smallest absolute Gasteiger partial charge is 0.387 e. The number of anilines is 1. The standard InChI is InChI=1S/C20H21F2NO6/c1-12(19(25)23-15-6-4-5-7-16(15)29-20(21)22)28-18(24)10-13-8-9-14(26-2)11-17(13)27-3/h4-9,11-12,20H,10H2,1-3H3,(H,23,25)/t12-/m0/s1. The molecule has 156 valence electrons. The first-order chi connectivity index (χ1) is 13.8. The first kappa shape index (κ1) is 21.9. The second-order valence-corrected chi connectivity index (χ2v) is 5.85. The number of amides is 1. The Bertz CT molecular complexity index is 859. The molecule has 0 unspecified atom stereocenters. The quantitative estimate of drug-likeness (QED) is 0.639. The van der Waals surface area contributed by atoms with Gasteiger partial charge in [0.2, 0.25) is 0 Å². The maximum atomic E-state index is 12.5. The molecule has 0 bridgehead atoms. The lowest BCUT2D eigenvalue weighted by Crippen LogP contribution is -2.30. The summed E-state index contributed by atoms with van der Waals surface area (Å²) in [5, 5.41) is 2.41. The Balaban J connectivity index is 1.99. The fourth-order valence-corrected chi connectivity index (χ4v) is 2.45. The van der Waals surface area contributed by atoms with Crippen LogP contribution in [0.4, 0.5) is 14.5 Å². The Morgan fingerprint density at radius 2 is 1.76 bits per heavy atom. The second kappa shape index (κ2) is 10.3. The molecular weight excluding hydrogens is 388 g/mol. The average molecular weight is 409 g/mol.